The number of hydrogen-bond donors (Lipinski definition) is 1. The summed E-state index contributed by atoms with van der Waals surface area (Å²) in [6.07, 6.45) is 0.602. The van der Waals surface area contributed by atoms with Gasteiger partial charge in [-0.2, -0.15) is 18.3 Å². The Kier molecular flexibility index (Phi) is 6.57. The van der Waals surface area contributed by atoms with Gasteiger partial charge in [0.05, 0.1) is 19.3 Å². The van der Waals surface area contributed by atoms with Gasteiger partial charge in [0, 0.05) is 51.2 Å². The fourth-order valence-corrected chi connectivity index (χ4v) is 2.96. The first-order valence-corrected chi connectivity index (χ1v) is 9.04. The number of pyridine rings is 1. The molecule has 1 atom stereocenters. The van der Waals surface area contributed by atoms with Gasteiger partial charge < -0.3 is 19.7 Å². The zero-order valence-corrected chi connectivity index (χ0v) is 16.2. The number of morpholine rings is 1. The number of ether oxygens (including phenoxy) is 2. The quantitative estimate of drug-likeness (QED) is 0.597. The lowest BCUT2D eigenvalue weighted by atomic mass is 10.1. The molecule has 158 valence electrons. The van der Waals surface area contributed by atoms with Gasteiger partial charge in [-0.05, 0) is 11.6 Å². The van der Waals surface area contributed by atoms with Gasteiger partial charge in [0.15, 0.2) is 12.6 Å². The van der Waals surface area contributed by atoms with Crippen molar-refractivity contribution in [1.29, 1.82) is 0 Å². The van der Waals surface area contributed by atoms with Gasteiger partial charge in [0.1, 0.15) is 6.10 Å². The van der Waals surface area contributed by atoms with E-state index in [1.165, 1.54) is 12.3 Å². The van der Waals surface area contributed by atoms with Crippen LogP contribution in [-0.2, 0) is 18.3 Å². The Morgan fingerprint density at radius 3 is 2.97 bits per heavy atom. The largest absolute Gasteiger partial charge is 0.468 e. The van der Waals surface area contributed by atoms with Crippen LogP contribution in [0.3, 0.4) is 0 Å². The first-order chi connectivity index (χ1) is 13.8. The number of aromatic nitrogens is 3. The van der Waals surface area contributed by atoms with Crippen LogP contribution in [0.5, 0.6) is 5.88 Å². The standard InChI is InChI=1S/C18H23F3N6O2/c1-22-17(27-5-6-28-15(11-27)14-9-25-26(2)10-14)24-8-13-3-4-23-16(7-13)29-12-18(19,20)21/h3-4,7,9-10,15H,5-6,8,11-12H2,1-2H3,(H,22,24). The van der Waals surface area contributed by atoms with E-state index in [1.54, 1.807) is 24.0 Å². The van der Waals surface area contributed by atoms with Gasteiger partial charge in [-0.15, -0.1) is 0 Å². The minimum absolute atomic E-state index is 0.0698. The van der Waals surface area contributed by atoms with E-state index in [1.807, 2.05) is 13.2 Å². The molecule has 0 radical (unpaired) electrons. The van der Waals surface area contributed by atoms with Crippen LogP contribution in [0.15, 0.2) is 35.7 Å². The van der Waals surface area contributed by atoms with Gasteiger partial charge in [-0.3, -0.25) is 9.67 Å². The molecule has 0 bridgehead atoms. The molecule has 1 saturated heterocycles. The highest BCUT2D eigenvalue weighted by Crippen LogP contribution is 2.22. The molecule has 11 heteroatoms. The Balaban J connectivity index is 1.57. The van der Waals surface area contributed by atoms with Crippen molar-refractivity contribution in [2.75, 3.05) is 33.4 Å². The molecule has 8 nitrogen and oxygen atoms in total. The summed E-state index contributed by atoms with van der Waals surface area (Å²) in [5, 5.41) is 7.41. The summed E-state index contributed by atoms with van der Waals surface area (Å²) in [5.74, 6) is 0.608. The molecule has 1 aliphatic rings. The van der Waals surface area contributed by atoms with Crippen molar-refractivity contribution in [3.63, 3.8) is 0 Å². The van der Waals surface area contributed by atoms with Gasteiger partial charge >= 0.3 is 6.18 Å². The lowest BCUT2D eigenvalue weighted by Gasteiger charge is -2.34. The topological polar surface area (TPSA) is 76.8 Å². The third-order valence-corrected chi connectivity index (χ3v) is 4.31. The number of halogens is 3. The predicted octanol–water partition coefficient (Wildman–Crippen LogP) is 1.91. The van der Waals surface area contributed by atoms with E-state index in [9.17, 15) is 13.2 Å². The van der Waals surface area contributed by atoms with Crippen molar-refractivity contribution >= 4 is 5.96 Å². The summed E-state index contributed by atoms with van der Waals surface area (Å²) >= 11 is 0. The van der Waals surface area contributed by atoms with Gasteiger partial charge in [-0.1, -0.05) is 0 Å². The number of rotatable bonds is 5. The third-order valence-electron chi connectivity index (χ3n) is 4.31. The molecule has 0 aromatic carbocycles. The summed E-state index contributed by atoms with van der Waals surface area (Å²) < 4.78 is 49.2. The van der Waals surface area contributed by atoms with Crippen LogP contribution in [0.2, 0.25) is 0 Å². The second kappa shape index (κ2) is 9.12. The van der Waals surface area contributed by atoms with Gasteiger partial charge in [-0.25, -0.2) is 4.98 Å². The highest BCUT2D eigenvalue weighted by Gasteiger charge is 2.28. The molecule has 1 N–H and O–H groups in total. The van der Waals surface area contributed by atoms with Crippen LogP contribution in [0.4, 0.5) is 13.2 Å². The number of nitrogens with one attached hydrogen (secondary N) is 1. The Labute approximate surface area is 166 Å². The lowest BCUT2D eigenvalue weighted by molar-refractivity contribution is -0.154. The highest BCUT2D eigenvalue weighted by atomic mass is 19.4. The molecule has 0 spiro atoms. The second-order valence-electron chi connectivity index (χ2n) is 6.56. The molecule has 29 heavy (non-hydrogen) atoms. The van der Waals surface area contributed by atoms with E-state index < -0.39 is 12.8 Å². The number of nitrogens with zero attached hydrogens (tertiary/aromatic N) is 5. The number of aryl methyl sites for hydroxylation is 1. The van der Waals surface area contributed by atoms with Crippen molar-refractivity contribution in [3.8, 4) is 5.88 Å². The first-order valence-electron chi connectivity index (χ1n) is 9.04. The van der Waals surface area contributed by atoms with Crippen molar-refractivity contribution in [2.24, 2.45) is 12.0 Å². The fraction of sp³-hybridized carbons (Fsp3) is 0.500. The summed E-state index contributed by atoms with van der Waals surface area (Å²) in [6, 6.07) is 3.18. The SMILES string of the molecule is CN=C(NCc1ccnc(OCC(F)(F)F)c1)N1CCOC(c2cnn(C)c2)C1. The van der Waals surface area contributed by atoms with E-state index >= 15 is 0 Å². The summed E-state index contributed by atoms with van der Waals surface area (Å²) in [6.45, 7) is 0.827. The van der Waals surface area contributed by atoms with Crippen molar-refractivity contribution in [1.82, 2.24) is 25.0 Å². The number of alkyl halides is 3. The van der Waals surface area contributed by atoms with Gasteiger partial charge in [0.2, 0.25) is 5.88 Å². The molecule has 2 aromatic rings. The summed E-state index contributed by atoms with van der Waals surface area (Å²) in [5.41, 5.74) is 1.73. The van der Waals surface area contributed by atoms with Crippen LogP contribution < -0.4 is 10.1 Å². The first kappa shape index (κ1) is 20.9. The number of aliphatic imine (C=N–C) groups is 1. The average Bonchev–Trinajstić information content (AvgIpc) is 3.13. The van der Waals surface area contributed by atoms with Crippen molar-refractivity contribution in [3.05, 3.63) is 41.9 Å². The minimum Gasteiger partial charge on any atom is -0.468 e. The van der Waals surface area contributed by atoms with Gasteiger partial charge in [0.25, 0.3) is 0 Å². The molecule has 0 aliphatic carbocycles. The molecular weight excluding hydrogens is 389 g/mol. The van der Waals surface area contributed by atoms with E-state index in [0.29, 0.717) is 32.2 Å². The molecule has 0 saturated carbocycles. The maximum Gasteiger partial charge on any atom is 0.422 e. The van der Waals surface area contributed by atoms with Crippen molar-refractivity contribution in [2.45, 2.75) is 18.8 Å². The Hall–Kier alpha value is -2.82. The highest BCUT2D eigenvalue weighted by molar-refractivity contribution is 5.80. The lowest BCUT2D eigenvalue weighted by Crippen LogP contribution is -2.47. The predicted molar refractivity (Wildman–Crippen MR) is 99.5 cm³/mol. The number of guanidine groups is 1. The van der Waals surface area contributed by atoms with E-state index in [4.69, 9.17) is 9.47 Å². The van der Waals surface area contributed by atoms with Crippen molar-refractivity contribution < 1.29 is 22.6 Å². The minimum atomic E-state index is -4.40. The molecule has 0 amide bonds. The molecule has 3 heterocycles. The molecule has 1 aliphatic heterocycles. The molecule has 1 fully saturated rings. The van der Waals surface area contributed by atoms with Crippen LogP contribution in [0.1, 0.15) is 17.2 Å². The Morgan fingerprint density at radius 2 is 2.28 bits per heavy atom. The van der Waals surface area contributed by atoms with E-state index in [2.05, 4.69) is 25.3 Å². The monoisotopic (exact) mass is 412 g/mol. The second-order valence-corrected chi connectivity index (χ2v) is 6.56. The zero-order chi connectivity index (χ0) is 20.9. The van der Waals surface area contributed by atoms with Crippen LogP contribution in [0, 0.1) is 0 Å². The maximum absolute atomic E-state index is 12.3. The Morgan fingerprint density at radius 1 is 1.45 bits per heavy atom. The summed E-state index contributed by atoms with van der Waals surface area (Å²) in [7, 11) is 3.53. The summed E-state index contributed by atoms with van der Waals surface area (Å²) in [4.78, 5) is 10.2. The Bertz CT molecular complexity index is 839. The number of hydrogen-bond acceptors (Lipinski definition) is 5. The molecule has 3 rings (SSSR count). The zero-order valence-electron chi connectivity index (χ0n) is 16.2. The van der Waals surface area contributed by atoms with Crippen LogP contribution in [0.25, 0.3) is 0 Å². The van der Waals surface area contributed by atoms with E-state index in [-0.39, 0.29) is 12.0 Å². The molecule has 1 unspecified atom stereocenters. The normalized spacial score (nSPS) is 18.0. The molecule has 2 aromatic heterocycles. The smallest absolute Gasteiger partial charge is 0.422 e. The average molecular weight is 412 g/mol. The fourth-order valence-electron chi connectivity index (χ4n) is 2.96. The maximum atomic E-state index is 12.3. The third kappa shape index (κ3) is 6.08. The molecular formula is C18H23F3N6O2. The van der Waals surface area contributed by atoms with E-state index in [0.717, 1.165) is 11.1 Å². The van der Waals surface area contributed by atoms with Crippen LogP contribution >= 0.6 is 0 Å². The van der Waals surface area contributed by atoms with Crippen LogP contribution in [-0.4, -0.2) is 65.2 Å².